The van der Waals surface area contributed by atoms with Gasteiger partial charge in [0, 0.05) is 15.6 Å². The van der Waals surface area contributed by atoms with Crippen molar-refractivity contribution in [1.82, 2.24) is 0 Å². The van der Waals surface area contributed by atoms with E-state index in [1.54, 1.807) is 32.0 Å². The minimum Gasteiger partial charge on any atom is -0.480 e. The number of hydrogen-bond donors (Lipinski definition) is 2. The van der Waals surface area contributed by atoms with Crippen LogP contribution in [0, 0.1) is 0 Å². The van der Waals surface area contributed by atoms with Crippen molar-refractivity contribution in [2.45, 2.75) is 23.5 Å². The van der Waals surface area contributed by atoms with Crippen LogP contribution >= 0.6 is 23.4 Å². The first kappa shape index (κ1) is 12.2. The number of aliphatic carboxylic acids is 1. The van der Waals surface area contributed by atoms with Gasteiger partial charge in [-0.25, -0.2) is 0 Å². The molecule has 1 rings (SSSR count). The molecule has 0 saturated carbocycles. The maximum absolute atomic E-state index is 10.9. The van der Waals surface area contributed by atoms with Gasteiger partial charge in [0.1, 0.15) is 4.75 Å². The molecule has 15 heavy (non-hydrogen) atoms. The molecule has 1 aromatic rings. The van der Waals surface area contributed by atoms with E-state index in [2.05, 4.69) is 0 Å². The van der Waals surface area contributed by atoms with Crippen molar-refractivity contribution in [3.8, 4) is 0 Å². The first-order chi connectivity index (χ1) is 6.83. The van der Waals surface area contributed by atoms with E-state index in [0.717, 1.165) is 4.90 Å². The Labute approximate surface area is 97.6 Å². The second-order valence-corrected chi connectivity index (χ2v) is 5.70. The maximum atomic E-state index is 10.9. The molecule has 3 N–H and O–H groups in total. The summed E-state index contributed by atoms with van der Waals surface area (Å²) in [6.45, 7) is 3.27. The van der Waals surface area contributed by atoms with Crippen LogP contribution < -0.4 is 5.73 Å². The summed E-state index contributed by atoms with van der Waals surface area (Å²) in [6.07, 6.45) is 0. The largest absolute Gasteiger partial charge is 0.480 e. The number of carbonyl (C=O) groups is 1. The van der Waals surface area contributed by atoms with Crippen LogP contribution in [0.25, 0.3) is 0 Å². The van der Waals surface area contributed by atoms with Gasteiger partial charge in [-0.3, -0.25) is 4.79 Å². The third-order valence-electron chi connectivity index (χ3n) is 1.85. The number of halogens is 1. The number of anilines is 1. The van der Waals surface area contributed by atoms with Gasteiger partial charge >= 0.3 is 5.97 Å². The first-order valence-corrected chi connectivity index (χ1v) is 5.50. The Bertz CT molecular complexity index is 393. The molecule has 5 heteroatoms. The zero-order valence-corrected chi connectivity index (χ0v) is 10.0. The van der Waals surface area contributed by atoms with Crippen LogP contribution in [0.4, 0.5) is 5.69 Å². The third kappa shape index (κ3) is 3.04. The molecule has 0 spiro atoms. The Balaban J connectivity index is 2.95. The Morgan fingerprint density at radius 2 is 2.13 bits per heavy atom. The number of nitrogens with two attached hydrogens (primary N) is 1. The van der Waals surface area contributed by atoms with Gasteiger partial charge in [0.05, 0.1) is 0 Å². The van der Waals surface area contributed by atoms with E-state index in [-0.39, 0.29) is 0 Å². The maximum Gasteiger partial charge on any atom is 0.319 e. The minimum absolute atomic E-state index is 0.502. The Kier molecular flexibility index (Phi) is 3.52. The average Bonchev–Trinajstić information content (AvgIpc) is 2.09. The molecule has 0 aliphatic rings. The molecule has 0 aromatic heterocycles. The topological polar surface area (TPSA) is 63.3 Å². The predicted molar refractivity (Wildman–Crippen MR) is 63.4 cm³/mol. The summed E-state index contributed by atoms with van der Waals surface area (Å²) in [5, 5.41) is 9.51. The highest BCUT2D eigenvalue weighted by molar-refractivity contribution is 8.01. The smallest absolute Gasteiger partial charge is 0.319 e. The Morgan fingerprint density at radius 3 is 2.60 bits per heavy atom. The molecule has 0 amide bonds. The van der Waals surface area contributed by atoms with Crippen LogP contribution in [0.2, 0.25) is 5.02 Å². The lowest BCUT2D eigenvalue weighted by Crippen LogP contribution is -2.27. The van der Waals surface area contributed by atoms with E-state index >= 15 is 0 Å². The Hall–Kier alpha value is -0.870. The number of nitrogen functional groups attached to an aromatic ring is 1. The summed E-state index contributed by atoms with van der Waals surface area (Å²) in [5.41, 5.74) is 6.23. The van der Waals surface area contributed by atoms with E-state index in [1.165, 1.54) is 11.8 Å². The number of benzene rings is 1. The molecule has 1 aromatic carbocycles. The molecule has 0 saturated heterocycles. The van der Waals surface area contributed by atoms with Crippen molar-refractivity contribution < 1.29 is 9.90 Å². The standard InChI is InChI=1S/C10H12ClNO2S/c1-10(2,9(13)14)15-8-4-3-6(11)5-7(8)12/h3-5H,12H2,1-2H3,(H,13,14). The van der Waals surface area contributed by atoms with Gasteiger partial charge in [-0.15, -0.1) is 11.8 Å². The molecule has 82 valence electrons. The van der Waals surface area contributed by atoms with Gasteiger partial charge in [0.15, 0.2) is 0 Å². The fourth-order valence-corrected chi connectivity index (χ4v) is 2.06. The molecule has 0 heterocycles. The lowest BCUT2D eigenvalue weighted by Gasteiger charge is -2.19. The molecule has 0 radical (unpaired) electrons. The van der Waals surface area contributed by atoms with Crippen molar-refractivity contribution in [2.75, 3.05) is 5.73 Å². The van der Waals surface area contributed by atoms with Gasteiger partial charge in [-0.2, -0.15) is 0 Å². The molecule has 0 aliphatic heterocycles. The zero-order valence-electron chi connectivity index (χ0n) is 8.45. The van der Waals surface area contributed by atoms with Crippen LogP contribution in [0.15, 0.2) is 23.1 Å². The predicted octanol–water partition coefficient (Wildman–Crippen LogP) is 2.88. The molecule has 0 atom stereocenters. The quantitative estimate of drug-likeness (QED) is 0.635. The summed E-state index contributed by atoms with van der Waals surface area (Å²) in [7, 11) is 0. The number of rotatable bonds is 3. The summed E-state index contributed by atoms with van der Waals surface area (Å²) in [4.78, 5) is 11.6. The molecule has 0 unspecified atom stereocenters. The number of thioether (sulfide) groups is 1. The van der Waals surface area contributed by atoms with Crippen molar-refractivity contribution >= 4 is 35.0 Å². The van der Waals surface area contributed by atoms with E-state index in [9.17, 15) is 4.79 Å². The lowest BCUT2D eigenvalue weighted by molar-refractivity contribution is -0.138. The number of hydrogen-bond acceptors (Lipinski definition) is 3. The van der Waals surface area contributed by atoms with E-state index in [1.807, 2.05) is 0 Å². The molecule has 0 aliphatic carbocycles. The fraction of sp³-hybridized carbons (Fsp3) is 0.300. The van der Waals surface area contributed by atoms with Crippen LogP contribution in [0.3, 0.4) is 0 Å². The molecular weight excluding hydrogens is 234 g/mol. The highest BCUT2D eigenvalue weighted by Crippen LogP contribution is 2.36. The summed E-state index contributed by atoms with van der Waals surface area (Å²) in [6, 6.07) is 5.03. The van der Waals surface area contributed by atoms with Crippen molar-refractivity contribution in [2.24, 2.45) is 0 Å². The van der Waals surface area contributed by atoms with Crippen molar-refractivity contribution in [3.63, 3.8) is 0 Å². The third-order valence-corrected chi connectivity index (χ3v) is 3.36. The molecule has 0 fully saturated rings. The van der Waals surface area contributed by atoms with Gasteiger partial charge < -0.3 is 10.8 Å². The summed E-state index contributed by atoms with van der Waals surface area (Å²) >= 11 is 6.95. The monoisotopic (exact) mass is 245 g/mol. The van der Waals surface area contributed by atoms with Gasteiger partial charge in [-0.05, 0) is 32.0 Å². The van der Waals surface area contributed by atoms with E-state index in [4.69, 9.17) is 22.4 Å². The van der Waals surface area contributed by atoms with Crippen LogP contribution in [0.1, 0.15) is 13.8 Å². The van der Waals surface area contributed by atoms with Crippen LogP contribution in [0.5, 0.6) is 0 Å². The van der Waals surface area contributed by atoms with E-state index in [0.29, 0.717) is 10.7 Å². The highest BCUT2D eigenvalue weighted by Gasteiger charge is 2.29. The number of carboxylic acids is 1. The van der Waals surface area contributed by atoms with Gasteiger partial charge in [0.25, 0.3) is 0 Å². The van der Waals surface area contributed by atoms with Gasteiger partial charge in [-0.1, -0.05) is 11.6 Å². The normalized spacial score (nSPS) is 11.4. The van der Waals surface area contributed by atoms with Gasteiger partial charge in [0.2, 0.25) is 0 Å². The summed E-state index contributed by atoms with van der Waals surface area (Å²) in [5.74, 6) is -0.873. The zero-order chi connectivity index (χ0) is 11.6. The second kappa shape index (κ2) is 4.33. The van der Waals surface area contributed by atoms with Crippen LogP contribution in [-0.4, -0.2) is 15.8 Å². The molecule has 0 bridgehead atoms. The molecule has 3 nitrogen and oxygen atoms in total. The highest BCUT2D eigenvalue weighted by atomic mass is 35.5. The Morgan fingerprint density at radius 1 is 1.53 bits per heavy atom. The summed E-state index contributed by atoms with van der Waals surface area (Å²) < 4.78 is -0.901. The van der Waals surface area contributed by atoms with Crippen molar-refractivity contribution in [3.05, 3.63) is 23.2 Å². The van der Waals surface area contributed by atoms with Crippen molar-refractivity contribution in [1.29, 1.82) is 0 Å². The lowest BCUT2D eigenvalue weighted by atomic mass is 10.2. The number of carboxylic acid groups (broad SMARTS) is 1. The van der Waals surface area contributed by atoms with E-state index < -0.39 is 10.7 Å². The second-order valence-electron chi connectivity index (χ2n) is 3.60. The molecular formula is C10H12ClNO2S. The SMILES string of the molecule is CC(C)(Sc1ccc(Cl)cc1N)C(=O)O. The minimum atomic E-state index is -0.901. The fourth-order valence-electron chi connectivity index (χ4n) is 0.931. The van der Waals surface area contributed by atoms with Crippen LogP contribution in [-0.2, 0) is 4.79 Å². The average molecular weight is 246 g/mol. The first-order valence-electron chi connectivity index (χ1n) is 4.30.